The summed E-state index contributed by atoms with van der Waals surface area (Å²) in [6.07, 6.45) is -0.127. The molecule has 0 radical (unpaired) electrons. The Labute approximate surface area is 55.8 Å². The van der Waals surface area contributed by atoms with Crippen molar-refractivity contribution >= 4 is 0 Å². The van der Waals surface area contributed by atoms with Crippen LogP contribution >= 0.6 is 0 Å². The summed E-state index contributed by atoms with van der Waals surface area (Å²) in [6.45, 7) is 7.04. The predicted octanol–water partition coefficient (Wildman–Crippen LogP) is 0.550. The highest BCUT2D eigenvalue weighted by atomic mass is 16.3. The molecular formula is C7H14O2. The number of hydrogen-bond donors (Lipinski definition) is 2. The van der Waals surface area contributed by atoms with E-state index in [1.165, 1.54) is 6.08 Å². The minimum Gasteiger partial charge on any atom is -0.390 e. The normalized spacial score (nSPS) is 17.4. The van der Waals surface area contributed by atoms with Crippen LogP contribution in [0.2, 0.25) is 0 Å². The van der Waals surface area contributed by atoms with E-state index < -0.39 is 12.2 Å². The van der Waals surface area contributed by atoms with E-state index in [4.69, 9.17) is 10.2 Å². The highest BCUT2D eigenvalue weighted by Crippen LogP contribution is 2.05. The van der Waals surface area contributed by atoms with E-state index in [0.717, 1.165) is 0 Å². The summed E-state index contributed by atoms with van der Waals surface area (Å²) >= 11 is 0. The largest absolute Gasteiger partial charge is 0.390 e. The summed E-state index contributed by atoms with van der Waals surface area (Å²) in [7, 11) is 0. The van der Waals surface area contributed by atoms with Crippen molar-refractivity contribution in [3.63, 3.8) is 0 Å². The van der Waals surface area contributed by atoms with Gasteiger partial charge in [-0.2, -0.15) is 0 Å². The monoisotopic (exact) mass is 130 g/mol. The number of aliphatic hydroxyl groups is 2. The highest BCUT2D eigenvalue weighted by Gasteiger charge is 2.15. The van der Waals surface area contributed by atoms with E-state index in [2.05, 4.69) is 6.58 Å². The zero-order chi connectivity index (χ0) is 7.44. The molecule has 0 saturated heterocycles. The topological polar surface area (TPSA) is 40.5 Å². The Morgan fingerprint density at radius 1 is 1.33 bits per heavy atom. The molecule has 0 aromatic rings. The molecule has 0 saturated carbocycles. The van der Waals surface area contributed by atoms with Crippen molar-refractivity contribution in [2.24, 2.45) is 5.92 Å². The molecule has 0 aromatic carbocycles. The Morgan fingerprint density at radius 3 is 1.89 bits per heavy atom. The Balaban J connectivity index is 3.71. The molecule has 2 nitrogen and oxygen atoms in total. The number of hydrogen-bond acceptors (Lipinski definition) is 2. The summed E-state index contributed by atoms with van der Waals surface area (Å²) < 4.78 is 0. The van der Waals surface area contributed by atoms with E-state index >= 15 is 0 Å². The standard InChI is InChI=1S/C7H14O2/c1-4-6(8)7(9)5(2)3/h4-9H,1H2,2-3H3. The van der Waals surface area contributed by atoms with Gasteiger partial charge in [0.25, 0.3) is 0 Å². The van der Waals surface area contributed by atoms with Crippen molar-refractivity contribution in [3.05, 3.63) is 12.7 Å². The molecule has 2 heteroatoms. The molecule has 0 fully saturated rings. The molecule has 0 aromatic heterocycles. The van der Waals surface area contributed by atoms with Crippen molar-refractivity contribution in [1.82, 2.24) is 0 Å². The molecule has 54 valence electrons. The maximum absolute atomic E-state index is 9.07. The van der Waals surface area contributed by atoms with Crippen LogP contribution in [0.4, 0.5) is 0 Å². The lowest BCUT2D eigenvalue weighted by atomic mass is 10.0. The van der Waals surface area contributed by atoms with Gasteiger partial charge in [-0.15, -0.1) is 6.58 Å². The molecule has 0 aliphatic rings. The van der Waals surface area contributed by atoms with Gasteiger partial charge in [0.15, 0.2) is 0 Å². The third kappa shape index (κ3) is 2.63. The van der Waals surface area contributed by atoms with Gasteiger partial charge in [0.1, 0.15) is 0 Å². The van der Waals surface area contributed by atoms with Gasteiger partial charge in [0.05, 0.1) is 12.2 Å². The molecule has 0 rings (SSSR count). The average molecular weight is 130 g/mol. The van der Waals surface area contributed by atoms with E-state index in [-0.39, 0.29) is 5.92 Å². The Hall–Kier alpha value is -0.340. The van der Waals surface area contributed by atoms with Crippen molar-refractivity contribution in [1.29, 1.82) is 0 Å². The third-order valence-corrected chi connectivity index (χ3v) is 1.27. The second-order valence-corrected chi connectivity index (χ2v) is 2.46. The van der Waals surface area contributed by atoms with Crippen LogP contribution in [0.25, 0.3) is 0 Å². The minimum atomic E-state index is -0.787. The van der Waals surface area contributed by atoms with Crippen LogP contribution in [0.3, 0.4) is 0 Å². The molecular weight excluding hydrogens is 116 g/mol. The summed E-state index contributed by atoms with van der Waals surface area (Å²) in [5.41, 5.74) is 0. The summed E-state index contributed by atoms with van der Waals surface area (Å²) in [5, 5.41) is 18.0. The minimum absolute atomic E-state index is 0.0815. The predicted molar refractivity (Wildman–Crippen MR) is 37.0 cm³/mol. The van der Waals surface area contributed by atoms with E-state index in [1.54, 1.807) is 0 Å². The second kappa shape index (κ2) is 3.64. The van der Waals surface area contributed by atoms with Crippen LogP contribution in [0.15, 0.2) is 12.7 Å². The molecule has 0 spiro atoms. The van der Waals surface area contributed by atoms with Crippen molar-refractivity contribution in [2.45, 2.75) is 26.1 Å². The van der Waals surface area contributed by atoms with Crippen molar-refractivity contribution in [2.75, 3.05) is 0 Å². The fraction of sp³-hybridized carbons (Fsp3) is 0.714. The number of aliphatic hydroxyl groups excluding tert-OH is 2. The average Bonchev–Trinajstić information content (AvgIpc) is 1.84. The van der Waals surface area contributed by atoms with Crippen molar-refractivity contribution in [3.8, 4) is 0 Å². The van der Waals surface area contributed by atoms with Crippen molar-refractivity contribution < 1.29 is 10.2 Å². The third-order valence-electron chi connectivity index (χ3n) is 1.27. The van der Waals surface area contributed by atoms with Gasteiger partial charge in [-0.1, -0.05) is 19.9 Å². The van der Waals surface area contributed by atoms with Crippen LogP contribution < -0.4 is 0 Å². The Bertz CT molecular complexity index is 88.9. The van der Waals surface area contributed by atoms with Crippen LogP contribution in [-0.2, 0) is 0 Å². The highest BCUT2D eigenvalue weighted by molar-refractivity contribution is 4.85. The molecule has 2 unspecified atom stereocenters. The van der Waals surface area contributed by atoms with E-state index in [0.29, 0.717) is 0 Å². The van der Waals surface area contributed by atoms with Crippen LogP contribution in [0, 0.1) is 5.92 Å². The van der Waals surface area contributed by atoms with E-state index in [1.807, 2.05) is 13.8 Å². The van der Waals surface area contributed by atoms with Gasteiger partial charge < -0.3 is 10.2 Å². The molecule has 0 bridgehead atoms. The Morgan fingerprint density at radius 2 is 1.78 bits per heavy atom. The molecule has 2 N–H and O–H groups in total. The second-order valence-electron chi connectivity index (χ2n) is 2.46. The van der Waals surface area contributed by atoms with Gasteiger partial charge in [0, 0.05) is 0 Å². The fourth-order valence-electron chi connectivity index (χ4n) is 0.534. The van der Waals surface area contributed by atoms with Crippen LogP contribution in [-0.4, -0.2) is 22.4 Å². The molecule has 0 aliphatic carbocycles. The zero-order valence-corrected chi connectivity index (χ0v) is 5.91. The quantitative estimate of drug-likeness (QED) is 0.548. The first kappa shape index (κ1) is 8.66. The first-order chi connectivity index (χ1) is 4.09. The summed E-state index contributed by atoms with van der Waals surface area (Å²) in [4.78, 5) is 0. The van der Waals surface area contributed by atoms with Crippen LogP contribution in [0.1, 0.15) is 13.8 Å². The molecule has 2 atom stereocenters. The fourth-order valence-corrected chi connectivity index (χ4v) is 0.534. The maximum atomic E-state index is 9.07. The smallest absolute Gasteiger partial charge is 0.0979 e. The molecule has 0 amide bonds. The number of rotatable bonds is 3. The molecule has 0 aliphatic heterocycles. The maximum Gasteiger partial charge on any atom is 0.0979 e. The lowest BCUT2D eigenvalue weighted by molar-refractivity contribution is 0.0185. The first-order valence-corrected chi connectivity index (χ1v) is 3.08. The van der Waals surface area contributed by atoms with Gasteiger partial charge in [-0.3, -0.25) is 0 Å². The van der Waals surface area contributed by atoms with E-state index in [9.17, 15) is 0 Å². The lowest BCUT2D eigenvalue weighted by Crippen LogP contribution is -2.28. The SMILES string of the molecule is C=CC(O)C(O)C(C)C. The summed E-state index contributed by atoms with van der Waals surface area (Å²) in [6, 6.07) is 0. The van der Waals surface area contributed by atoms with Gasteiger partial charge in [-0.25, -0.2) is 0 Å². The van der Waals surface area contributed by atoms with Crippen LogP contribution in [0.5, 0.6) is 0 Å². The van der Waals surface area contributed by atoms with Gasteiger partial charge >= 0.3 is 0 Å². The lowest BCUT2D eigenvalue weighted by Gasteiger charge is -2.17. The Kier molecular flexibility index (Phi) is 3.50. The zero-order valence-electron chi connectivity index (χ0n) is 5.91. The van der Waals surface area contributed by atoms with Gasteiger partial charge in [-0.05, 0) is 5.92 Å². The molecule has 0 heterocycles. The van der Waals surface area contributed by atoms with Gasteiger partial charge in [0.2, 0.25) is 0 Å². The molecule has 9 heavy (non-hydrogen) atoms. The summed E-state index contributed by atoms with van der Waals surface area (Å²) in [5.74, 6) is 0.0815. The first-order valence-electron chi connectivity index (χ1n) is 3.08.